The van der Waals surface area contributed by atoms with Crippen LogP contribution in [-0.4, -0.2) is 34.6 Å². The molecule has 0 spiro atoms. The zero-order valence-electron chi connectivity index (χ0n) is 10.8. The highest BCUT2D eigenvalue weighted by atomic mass is 32.1. The summed E-state index contributed by atoms with van der Waals surface area (Å²) in [5, 5.41) is 9.08. The van der Waals surface area contributed by atoms with E-state index in [-0.39, 0.29) is 0 Å². The van der Waals surface area contributed by atoms with E-state index in [0.29, 0.717) is 16.4 Å². The minimum Gasteiger partial charge on any atom is -0.329 e. The first-order valence-electron chi connectivity index (χ1n) is 5.82. The third-order valence-corrected chi connectivity index (χ3v) is 3.58. The summed E-state index contributed by atoms with van der Waals surface area (Å²) in [6, 6.07) is 8.24. The molecule has 0 radical (unpaired) electrons. The predicted molar refractivity (Wildman–Crippen MR) is 75.0 cm³/mol. The van der Waals surface area contributed by atoms with Crippen LogP contribution in [0, 0.1) is 16.1 Å². The largest absolute Gasteiger partial charge is 0.329 e. The fourth-order valence-corrected chi connectivity index (χ4v) is 2.16. The van der Waals surface area contributed by atoms with E-state index < -0.39 is 0 Å². The first-order chi connectivity index (χ1) is 8.54. The molecule has 0 saturated carbocycles. The fourth-order valence-electron chi connectivity index (χ4n) is 1.88. The Hall–Kier alpha value is -1.64. The maximum absolute atomic E-state index is 9.08. The molecule has 1 aromatic carbocycles. The smallest absolute Gasteiger partial charge is 0.178 e. The SMILES string of the molecule is CC(Cn1c(=S)[nH]c2c(C#N)cccc21)N(C)C. The summed E-state index contributed by atoms with van der Waals surface area (Å²) < 4.78 is 2.72. The molecule has 4 nitrogen and oxygen atoms in total. The number of para-hydroxylation sites is 1. The van der Waals surface area contributed by atoms with Crippen LogP contribution in [0.2, 0.25) is 0 Å². The second-order valence-electron chi connectivity index (χ2n) is 4.66. The summed E-state index contributed by atoms with van der Waals surface area (Å²) in [6.45, 7) is 2.95. The number of rotatable bonds is 3. The number of benzene rings is 1. The van der Waals surface area contributed by atoms with E-state index in [1.54, 1.807) is 6.07 Å². The Morgan fingerprint density at radius 1 is 1.50 bits per heavy atom. The monoisotopic (exact) mass is 260 g/mol. The summed E-state index contributed by atoms with van der Waals surface area (Å²) in [5.74, 6) is 0. The first-order valence-corrected chi connectivity index (χ1v) is 6.23. The van der Waals surface area contributed by atoms with Crippen LogP contribution in [0.5, 0.6) is 0 Å². The fraction of sp³-hybridized carbons (Fsp3) is 0.385. The van der Waals surface area contributed by atoms with Gasteiger partial charge in [0.25, 0.3) is 0 Å². The van der Waals surface area contributed by atoms with Gasteiger partial charge in [-0.2, -0.15) is 5.26 Å². The molecule has 0 saturated heterocycles. The van der Waals surface area contributed by atoms with Crippen LogP contribution in [0.15, 0.2) is 18.2 Å². The van der Waals surface area contributed by atoms with Crippen molar-refractivity contribution in [1.29, 1.82) is 5.26 Å². The third kappa shape index (κ3) is 2.17. The van der Waals surface area contributed by atoms with Crippen LogP contribution >= 0.6 is 12.2 Å². The Bertz CT molecular complexity index is 660. The second-order valence-corrected chi connectivity index (χ2v) is 5.05. The van der Waals surface area contributed by atoms with Crippen molar-refractivity contribution >= 4 is 23.3 Å². The highest BCUT2D eigenvalue weighted by Gasteiger charge is 2.11. The summed E-state index contributed by atoms with van der Waals surface area (Å²) >= 11 is 5.34. The number of nitrogens with zero attached hydrogens (tertiary/aromatic N) is 3. The molecule has 2 rings (SSSR count). The van der Waals surface area contributed by atoms with Gasteiger partial charge in [0.2, 0.25) is 0 Å². The molecule has 0 amide bonds. The normalized spacial score (nSPS) is 12.8. The van der Waals surface area contributed by atoms with E-state index in [4.69, 9.17) is 17.5 Å². The van der Waals surface area contributed by atoms with Crippen LogP contribution in [-0.2, 0) is 6.54 Å². The minimum atomic E-state index is 0.376. The van der Waals surface area contributed by atoms with Crippen LogP contribution in [0.4, 0.5) is 0 Å². The van der Waals surface area contributed by atoms with Gasteiger partial charge in [-0.1, -0.05) is 6.07 Å². The van der Waals surface area contributed by atoms with Crippen molar-refractivity contribution in [3.63, 3.8) is 0 Å². The maximum atomic E-state index is 9.08. The van der Waals surface area contributed by atoms with Crippen molar-refractivity contribution in [2.45, 2.75) is 19.5 Å². The number of aromatic amines is 1. The topological polar surface area (TPSA) is 47.8 Å². The summed E-state index contributed by atoms with van der Waals surface area (Å²) in [4.78, 5) is 5.28. The van der Waals surface area contributed by atoms with Gasteiger partial charge >= 0.3 is 0 Å². The lowest BCUT2D eigenvalue weighted by Crippen LogP contribution is -2.29. The number of nitrogens with one attached hydrogen (secondary N) is 1. The van der Waals surface area contributed by atoms with Gasteiger partial charge in [-0.25, -0.2) is 0 Å². The number of aromatic nitrogens is 2. The van der Waals surface area contributed by atoms with Crippen LogP contribution in [0.1, 0.15) is 12.5 Å². The van der Waals surface area contributed by atoms with E-state index in [9.17, 15) is 0 Å². The van der Waals surface area contributed by atoms with Crippen LogP contribution in [0.3, 0.4) is 0 Å². The molecule has 1 atom stereocenters. The Balaban J connectivity index is 2.56. The van der Waals surface area contributed by atoms with E-state index in [1.165, 1.54) is 0 Å². The van der Waals surface area contributed by atoms with E-state index in [1.807, 2.05) is 26.2 Å². The van der Waals surface area contributed by atoms with Gasteiger partial charge in [-0.05, 0) is 45.4 Å². The van der Waals surface area contributed by atoms with Gasteiger partial charge in [-0.3, -0.25) is 0 Å². The molecule has 0 aliphatic carbocycles. The van der Waals surface area contributed by atoms with Crippen molar-refractivity contribution in [2.75, 3.05) is 14.1 Å². The standard InChI is InChI=1S/C13H16N4S/c1-9(16(2)3)8-17-11-6-4-5-10(7-14)12(11)15-13(17)18/h4-6,9H,8H2,1-3H3,(H,15,18). The molecule has 0 bridgehead atoms. The summed E-state index contributed by atoms with van der Waals surface area (Å²) in [7, 11) is 4.09. The Kier molecular flexibility index (Phi) is 3.50. The van der Waals surface area contributed by atoms with Gasteiger partial charge in [0, 0.05) is 12.6 Å². The summed E-state index contributed by atoms with van der Waals surface area (Å²) in [6.07, 6.45) is 0. The maximum Gasteiger partial charge on any atom is 0.178 e. The van der Waals surface area contributed by atoms with Crippen molar-refractivity contribution in [3.8, 4) is 6.07 Å². The molecule has 5 heteroatoms. The quantitative estimate of drug-likeness (QED) is 0.863. The zero-order valence-corrected chi connectivity index (χ0v) is 11.6. The lowest BCUT2D eigenvalue weighted by atomic mass is 10.2. The van der Waals surface area contributed by atoms with Crippen LogP contribution in [0.25, 0.3) is 11.0 Å². The Morgan fingerprint density at radius 2 is 2.22 bits per heavy atom. The number of fused-ring (bicyclic) bond motifs is 1. The van der Waals surface area contributed by atoms with Crippen LogP contribution < -0.4 is 0 Å². The number of hydrogen-bond acceptors (Lipinski definition) is 3. The average Bonchev–Trinajstić information content (AvgIpc) is 2.65. The molecule has 0 aliphatic heterocycles. The molecular formula is C13H16N4S. The molecule has 2 aromatic rings. The number of H-pyrrole nitrogens is 1. The molecule has 0 fully saturated rings. The first kappa shape index (κ1) is 12.8. The lowest BCUT2D eigenvalue weighted by molar-refractivity contribution is 0.285. The third-order valence-electron chi connectivity index (χ3n) is 3.26. The second kappa shape index (κ2) is 4.92. The Morgan fingerprint density at radius 3 is 2.83 bits per heavy atom. The van der Waals surface area contributed by atoms with Crippen molar-refractivity contribution in [2.24, 2.45) is 0 Å². The summed E-state index contributed by atoms with van der Waals surface area (Å²) in [5.41, 5.74) is 2.46. The zero-order chi connectivity index (χ0) is 13.3. The van der Waals surface area contributed by atoms with Gasteiger partial charge in [0.05, 0.1) is 16.6 Å². The van der Waals surface area contributed by atoms with Gasteiger partial charge in [-0.15, -0.1) is 0 Å². The molecule has 1 unspecified atom stereocenters. The van der Waals surface area contributed by atoms with Gasteiger partial charge in [0.1, 0.15) is 6.07 Å². The molecule has 1 N–H and O–H groups in total. The van der Waals surface area contributed by atoms with Gasteiger partial charge in [0.15, 0.2) is 4.77 Å². The number of nitriles is 1. The van der Waals surface area contributed by atoms with Crippen molar-refractivity contribution in [3.05, 3.63) is 28.5 Å². The highest BCUT2D eigenvalue weighted by molar-refractivity contribution is 7.71. The Labute approximate surface area is 111 Å². The van der Waals surface area contributed by atoms with Crippen molar-refractivity contribution < 1.29 is 0 Å². The highest BCUT2D eigenvalue weighted by Crippen LogP contribution is 2.18. The van der Waals surface area contributed by atoms with Crippen molar-refractivity contribution in [1.82, 2.24) is 14.5 Å². The number of likely N-dealkylation sites (N-methyl/N-ethyl adjacent to an activating group) is 1. The molecule has 1 heterocycles. The molecule has 94 valence electrons. The number of imidazole rings is 1. The molecule has 1 aromatic heterocycles. The minimum absolute atomic E-state index is 0.376. The number of hydrogen-bond donors (Lipinski definition) is 1. The van der Waals surface area contributed by atoms with E-state index in [2.05, 4.69) is 27.4 Å². The molecular weight excluding hydrogens is 244 g/mol. The molecule has 18 heavy (non-hydrogen) atoms. The average molecular weight is 260 g/mol. The van der Waals surface area contributed by atoms with Gasteiger partial charge < -0.3 is 14.5 Å². The van der Waals surface area contributed by atoms with E-state index >= 15 is 0 Å². The molecule has 0 aliphatic rings. The lowest BCUT2D eigenvalue weighted by Gasteiger charge is -2.20. The van der Waals surface area contributed by atoms with E-state index in [0.717, 1.165) is 17.6 Å². The predicted octanol–water partition coefficient (Wildman–Crippen LogP) is 2.52.